The van der Waals surface area contributed by atoms with Crippen LogP contribution in [-0.4, -0.2) is 55.1 Å². The summed E-state index contributed by atoms with van der Waals surface area (Å²) in [4.78, 5) is 31.4. The Morgan fingerprint density at radius 3 is 2.00 bits per heavy atom. The molecular formula is C27H29N3O3. The molecule has 0 aliphatic carbocycles. The minimum atomic E-state index is -0.370. The zero-order valence-corrected chi connectivity index (χ0v) is 18.9. The minimum absolute atomic E-state index is 0.00222. The maximum Gasteiger partial charge on any atom is 0.337 e. The topological polar surface area (TPSA) is 53.1 Å². The van der Waals surface area contributed by atoms with Crippen molar-refractivity contribution in [1.29, 1.82) is 0 Å². The SMILES string of the molecule is COC(=O)c1ccc(CN(C(=O)N2CCN(Cc3ccccc3)CC2)c2ccccc2)cc1. The van der Waals surface area contributed by atoms with Crippen LogP contribution in [0.4, 0.5) is 10.5 Å². The lowest BCUT2D eigenvalue weighted by Gasteiger charge is -2.37. The molecule has 2 amide bonds. The molecule has 0 atom stereocenters. The van der Waals surface area contributed by atoms with Crippen LogP contribution in [0.2, 0.25) is 0 Å². The molecule has 1 fully saturated rings. The molecule has 3 aromatic carbocycles. The average molecular weight is 444 g/mol. The molecule has 33 heavy (non-hydrogen) atoms. The number of esters is 1. The number of benzene rings is 3. The second-order valence-electron chi connectivity index (χ2n) is 8.14. The van der Waals surface area contributed by atoms with Gasteiger partial charge in [0.25, 0.3) is 0 Å². The third-order valence-corrected chi connectivity index (χ3v) is 5.91. The van der Waals surface area contributed by atoms with E-state index in [1.54, 1.807) is 17.0 Å². The number of anilines is 1. The van der Waals surface area contributed by atoms with E-state index in [2.05, 4.69) is 29.2 Å². The lowest BCUT2D eigenvalue weighted by atomic mass is 10.1. The van der Waals surface area contributed by atoms with Gasteiger partial charge in [-0.25, -0.2) is 9.59 Å². The van der Waals surface area contributed by atoms with Gasteiger partial charge in [-0.1, -0.05) is 60.7 Å². The molecular weight excluding hydrogens is 414 g/mol. The van der Waals surface area contributed by atoms with Crippen LogP contribution in [0.3, 0.4) is 0 Å². The Labute approximate surface area is 195 Å². The van der Waals surface area contributed by atoms with Gasteiger partial charge in [-0.15, -0.1) is 0 Å². The molecule has 1 aliphatic rings. The smallest absolute Gasteiger partial charge is 0.337 e. The van der Waals surface area contributed by atoms with Crippen LogP contribution in [0, 0.1) is 0 Å². The number of urea groups is 1. The summed E-state index contributed by atoms with van der Waals surface area (Å²) in [6, 6.07) is 27.4. The van der Waals surface area contributed by atoms with Gasteiger partial charge in [0.15, 0.2) is 0 Å². The molecule has 0 N–H and O–H groups in total. The largest absolute Gasteiger partial charge is 0.465 e. The van der Waals surface area contributed by atoms with Gasteiger partial charge in [0.05, 0.1) is 19.2 Å². The van der Waals surface area contributed by atoms with Crippen LogP contribution in [0.15, 0.2) is 84.9 Å². The first-order valence-electron chi connectivity index (χ1n) is 11.2. The van der Waals surface area contributed by atoms with E-state index in [1.165, 1.54) is 12.7 Å². The maximum absolute atomic E-state index is 13.5. The Morgan fingerprint density at radius 2 is 1.39 bits per heavy atom. The summed E-state index contributed by atoms with van der Waals surface area (Å²) in [7, 11) is 1.37. The summed E-state index contributed by atoms with van der Waals surface area (Å²) in [6.07, 6.45) is 0. The van der Waals surface area contributed by atoms with E-state index in [0.717, 1.165) is 30.9 Å². The summed E-state index contributed by atoms with van der Waals surface area (Å²) in [5.41, 5.74) is 3.58. The van der Waals surface area contributed by atoms with E-state index in [4.69, 9.17) is 4.74 Å². The summed E-state index contributed by atoms with van der Waals surface area (Å²) in [5.74, 6) is -0.370. The number of piperazine rings is 1. The van der Waals surface area contributed by atoms with Crippen molar-refractivity contribution in [2.45, 2.75) is 13.1 Å². The van der Waals surface area contributed by atoms with E-state index >= 15 is 0 Å². The minimum Gasteiger partial charge on any atom is -0.465 e. The number of nitrogens with zero attached hydrogens (tertiary/aromatic N) is 3. The van der Waals surface area contributed by atoms with E-state index in [0.29, 0.717) is 25.2 Å². The monoisotopic (exact) mass is 443 g/mol. The Balaban J connectivity index is 1.44. The standard InChI is InChI=1S/C27H29N3O3/c1-33-26(31)24-14-12-23(13-15-24)21-30(25-10-6-3-7-11-25)27(32)29-18-16-28(17-19-29)20-22-8-4-2-5-9-22/h2-15H,16-21H2,1H3. The third kappa shape index (κ3) is 5.79. The molecule has 0 aromatic heterocycles. The number of ether oxygens (including phenoxy) is 1. The van der Waals surface area contributed by atoms with Crippen LogP contribution in [-0.2, 0) is 17.8 Å². The number of methoxy groups -OCH3 is 1. The molecule has 1 aliphatic heterocycles. The molecule has 0 saturated carbocycles. The van der Waals surface area contributed by atoms with Crippen LogP contribution >= 0.6 is 0 Å². The highest BCUT2D eigenvalue weighted by Gasteiger charge is 2.26. The van der Waals surface area contributed by atoms with Gasteiger partial charge in [-0.2, -0.15) is 0 Å². The van der Waals surface area contributed by atoms with Crippen molar-refractivity contribution < 1.29 is 14.3 Å². The van der Waals surface area contributed by atoms with E-state index < -0.39 is 0 Å². The number of para-hydroxylation sites is 1. The highest BCUT2D eigenvalue weighted by atomic mass is 16.5. The summed E-state index contributed by atoms with van der Waals surface area (Å²) in [6.45, 7) is 4.40. The highest BCUT2D eigenvalue weighted by molar-refractivity contribution is 5.92. The zero-order chi connectivity index (χ0) is 23.0. The van der Waals surface area contributed by atoms with Crippen molar-refractivity contribution in [3.8, 4) is 0 Å². The van der Waals surface area contributed by atoms with Gasteiger partial charge in [0.2, 0.25) is 0 Å². The number of amides is 2. The summed E-state index contributed by atoms with van der Waals surface area (Å²) < 4.78 is 4.78. The molecule has 0 bridgehead atoms. The Hall–Kier alpha value is -3.64. The highest BCUT2D eigenvalue weighted by Crippen LogP contribution is 2.21. The molecule has 1 saturated heterocycles. The van der Waals surface area contributed by atoms with Gasteiger partial charge in [-0.05, 0) is 35.4 Å². The van der Waals surface area contributed by atoms with Crippen molar-refractivity contribution in [2.24, 2.45) is 0 Å². The second kappa shape index (κ2) is 10.8. The van der Waals surface area contributed by atoms with E-state index in [1.807, 2.05) is 53.4 Å². The van der Waals surface area contributed by atoms with Crippen molar-refractivity contribution in [3.63, 3.8) is 0 Å². The Kier molecular flexibility index (Phi) is 7.37. The van der Waals surface area contributed by atoms with Crippen molar-refractivity contribution in [2.75, 3.05) is 38.2 Å². The molecule has 4 rings (SSSR count). The third-order valence-electron chi connectivity index (χ3n) is 5.91. The van der Waals surface area contributed by atoms with Gasteiger partial charge in [0, 0.05) is 38.4 Å². The molecule has 0 spiro atoms. The Morgan fingerprint density at radius 1 is 0.788 bits per heavy atom. The number of rotatable bonds is 6. The fourth-order valence-corrected chi connectivity index (χ4v) is 4.03. The molecule has 6 nitrogen and oxygen atoms in total. The van der Waals surface area contributed by atoms with Crippen LogP contribution < -0.4 is 4.90 Å². The van der Waals surface area contributed by atoms with Crippen LogP contribution in [0.25, 0.3) is 0 Å². The normalized spacial score (nSPS) is 14.0. The fraction of sp³-hybridized carbons (Fsp3) is 0.259. The summed E-state index contributed by atoms with van der Waals surface area (Å²) in [5, 5.41) is 0. The zero-order valence-electron chi connectivity index (χ0n) is 18.9. The second-order valence-corrected chi connectivity index (χ2v) is 8.14. The van der Waals surface area contributed by atoms with Gasteiger partial charge >= 0.3 is 12.0 Å². The van der Waals surface area contributed by atoms with E-state index in [-0.39, 0.29) is 12.0 Å². The van der Waals surface area contributed by atoms with E-state index in [9.17, 15) is 9.59 Å². The van der Waals surface area contributed by atoms with Crippen molar-refractivity contribution in [1.82, 2.24) is 9.80 Å². The molecule has 3 aromatic rings. The van der Waals surface area contributed by atoms with Crippen molar-refractivity contribution >= 4 is 17.7 Å². The quantitative estimate of drug-likeness (QED) is 0.530. The number of hydrogen-bond acceptors (Lipinski definition) is 4. The Bertz CT molecular complexity index is 1050. The van der Waals surface area contributed by atoms with Gasteiger partial charge < -0.3 is 9.64 Å². The number of hydrogen-bond donors (Lipinski definition) is 0. The lowest BCUT2D eigenvalue weighted by molar-refractivity contribution is 0.0600. The molecule has 6 heteroatoms. The van der Waals surface area contributed by atoms with Gasteiger partial charge in [-0.3, -0.25) is 9.80 Å². The maximum atomic E-state index is 13.5. The van der Waals surface area contributed by atoms with Crippen molar-refractivity contribution in [3.05, 3.63) is 102 Å². The lowest BCUT2D eigenvalue weighted by Crippen LogP contribution is -2.52. The van der Waals surface area contributed by atoms with Crippen LogP contribution in [0.5, 0.6) is 0 Å². The predicted octanol–water partition coefficient (Wildman–Crippen LogP) is 4.42. The fourth-order valence-electron chi connectivity index (χ4n) is 4.03. The first-order valence-corrected chi connectivity index (χ1v) is 11.2. The van der Waals surface area contributed by atoms with Crippen LogP contribution in [0.1, 0.15) is 21.5 Å². The first-order chi connectivity index (χ1) is 16.1. The first kappa shape index (κ1) is 22.6. The average Bonchev–Trinajstić information content (AvgIpc) is 2.88. The number of carbonyl (C=O) groups excluding carboxylic acids is 2. The molecule has 0 unspecified atom stereocenters. The molecule has 1 heterocycles. The summed E-state index contributed by atoms with van der Waals surface area (Å²) >= 11 is 0. The predicted molar refractivity (Wildman–Crippen MR) is 129 cm³/mol. The molecule has 0 radical (unpaired) electrons. The molecule has 170 valence electrons. The number of carbonyl (C=O) groups is 2. The van der Waals surface area contributed by atoms with Gasteiger partial charge in [0.1, 0.15) is 0 Å².